The number of nitrogens with zero attached hydrogens (tertiary/aromatic N) is 1. The molecule has 0 saturated heterocycles. The molecule has 0 aromatic heterocycles. The fourth-order valence-electron chi connectivity index (χ4n) is 10.7. The van der Waals surface area contributed by atoms with Gasteiger partial charge in [0.15, 0.2) is 16.1 Å². The number of benzene rings is 10. The van der Waals surface area contributed by atoms with Crippen LogP contribution in [-0.4, -0.2) is 16.1 Å². The molecule has 10 aromatic rings. The smallest absolute Gasteiger partial charge is 0.188 e. The van der Waals surface area contributed by atoms with E-state index in [1.807, 2.05) is 0 Å². The summed E-state index contributed by atoms with van der Waals surface area (Å²) >= 11 is 0. The molecule has 0 radical (unpaired) electrons. The van der Waals surface area contributed by atoms with E-state index in [2.05, 4.69) is 254 Å². The maximum atomic E-state index is 6.90. The topological polar surface area (TPSA) is 12.5 Å². The predicted octanol–water partition coefficient (Wildman–Crippen LogP) is 9.15. The molecule has 0 bridgehead atoms. The van der Waals surface area contributed by atoms with E-state index in [4.69, 9.17) is 4.74 Å². The Kier molecular flexibility index (Phi) is 8.56. The van der Waals surface area contributed by atoms with Crippen LogP contribution in [0.3, 0.4) is 0 Å². The van der Waals surface area contributed by atoms with Gasteiger partial charge in [0.25, 0.3) is 0 Å². The van der Waals surface area contributed by atoms with E-state index in [-0.39, 0.29) is 0 Å². The van der Waals surface area contributed by atoms with E-state index in [9.17, 15) is 0 Å². The van der Waals surface area contributed by atoms with E-state index >= 15 is 0 Å². The van der Waals surface area contributed by atoms with Crippen molar-refractivity contribution in [1.82, 2.24) is 0 Å². The summed E-state index contributed by atoms with van der Waals surface area (Å²) in [6.07, 6.45) is 0. The number of hydrogen-bond acceptors (Lipinski definition) is 2. The molecule has 0 fully saturated rings. The zero-order valence-electron chi connectivity index (χ0n) is 34.0. The zero-order chi connectivity index (χ0) is 41.1. The van der Waals surface area contributed by atoms with Crippen LogP contribution < -0.4 is 51.1 Å². The van der Waals surface area contributed by atoms with Gasteiger partial charge in [-0.25, -0.2) is 0 Å². The molecule has 2 heterocycles. The predicted molar refractivity (Wildman–Crippen MR) is 265 cm³/mol. The van der Waals surface area contributed by atoms with Crippen LogP contribution in [0.15, 0.2) is 249 Å². The second kappa shape index (κ2) is 14.6. The molecule has 2 nitrogen and oxygen atoms in total. The Labute approximate surface area is 364 Å². The highest BCUT2D eigenvalue weighted by Crippen LogP contribution is 2.40. The average molecular weight is 824 g/mol. The van der Waals surface area contributed by atoms with Crippen LogP contribution in [0.25, 0.3) is 21.9 Å². The third kappa shape index (κ3) is 5.34. The second-order valence-corrected chi connectivity index (χ2v) is 23.7. The number of fused-ring (bicyclic) bond motifs is 9. The minimum absolute atomic E-state index is 0.944. The molecule has 1 spiro atoms. The lowest BCUT2D eigenvalue weighted by Crippen LogP contribution is -2.93. The monoisotopic (exact) mass is 823 g/mol. The molecule has 0 N–H and O–H groups in total. The normalized spacial score (nSPS) is 13.9. The minimum Gasteiger partial charge on any atom is -0.458 e. The van der Waals surface area contributed by atoms with Crippen molar-refractivity contribution < 1.29 is 4.74 Å². The van der Waals surface area contributed by atoms with Crippen molar-refractivity contribution >= 4 is 85.5 Å². The van der Waals surface area contributed by atoms with Crippen molar-refractivity contribution in [3.05, 3.63) is 249 Å². The fraction of sp³-hybridized carbons (Fsp3) is 0. The van der Waals surface area contributed by atoms with Gasteiger partial charge in [-0.05, 0) is 100 Å². The van der Waals surface area contributed by atoms with Gasteiger partial charge in [-0.15, -0.1) is 0 Å². The first-order valence-corrected chi connectivity index (χ1v) is 25.4. The molecule has 62 heavy (non-hydrogen) atoms. The number of rotatable bonds is 6. The van der Waals surface area contributed by atoms with E-state index in [1.165, 1.54) is 63.4 Å². The van der Waals surface area contributed by atoms with Crippen molar-refractivity contribution in [1.29, 1.82) is 0 Å². The number of anilines is 3. The van der Waals surface area contributed by atoms with Crippen molar-refractivity contribution in [2.24, 2.45) is 0 Å². The van der Waals surface area contributed by atoms with Crippen LogP contribution in [0.4, 0.5) is 17.1 Å². The summed E-state index contributed by atoms with van der Waals surface area (Å²) in [7, 11) is -6.07. The fourth-order valence-corrected chi connectivity index (χ4v) is 23.0. The quantitative estimate of drug-likeness (QED) is 0.155. The summed E-state index contributed by atoms with van der Waals surface area (Å²) in [6.45, 7) is 0. The first-order chi connectivity index (χ1) is 30.8. The molecule has 2 aliphatic heterocycles. The molecule has 0 unspecified atom stereocenters. The number of ether oxygens (including phenoxy) is 1. The first-order valence-electron chi connectivity index (χ1n) is 21.4. The molecule has 12 rings (SSSR count). The SMILES string of the molecule is c1ccc(-c2ccc(N(c3ccc4c(c3)[Si]3(c5ccccc5Oc5ccccc53)c3ccccc3[Si]4(c3ccccc3)c3ccccc3)c3cccc4ccccc34)cc2)cc1. The molecule has 4 heteroatoms. The highest BCUT2D eigenvalue weighted by Gasteiger charge is 2.59. The molecular formula is C58H41NOSi2. The van der Waals surface area contributed by atoms with E-state index in [1.54, 1.807) is 0 Å². The van der Waals surface area contributed by atoms with Gasteiger partial charge in [0.2, 0.25) is 0 Å². The van der Waals surface area contributed by atoms with Crippen LogP contribution in [0.1, 0.15) is 0 Å². The zero-order valence-corrected chi connectivity index (χ0v) is 36.0. The summed E-state index contributed by atoms with van der Waals surface area (Å²) in [4.78, 5) is 2.49. The molecule has 10 aromatic carbocycles. The lowest BCUT2D eigenvalue weighted by atomic mass is 10.0. The van der Waals surface area contributed by atoms with Crippen LogP contribution in [0.5, 0.6) is 11.5 Å². The van der Waals surface area contributed by atoms with Crippen LogP contribution in [0, 0.1) is 0 Å². The lowest BCUT2D eigenvalue weighted by molar-refractivity contribution is 0.487. The standard InChI is InChI=1S/C58H41NOSi2/c1-4-19-42(20-5-1)43-35-37-45(38-36-43)59(50-28-18-22-44-21-10-11-27-49(44)50)46-39-40-57-58(41-46)62(53-31-14-12-29-51(53)60-52-30-13-15-32-54(52)62)56-34-17-16-33-55(56)61(57,47-23-6-2-7-24-47)48-25-8-3-9-26-48/h1-41H. The third-order valence-electron chi connectivity index (χ3n) is 13.3. The lowest BCUT2D eigenvalue weighted by Gasteiger charge is -2.50. The number of hydrogen-bond donors (Lipinski definition) is 0. The molecule has 0 amide bonds. The molecule has 0 atom stereocenters. The molecule has 0 saturated carbocycles. The summed E-state index contributed by atoms with van der Waals surface area (Å²) in [5.41, 5.74) is 5.78. The largest absolute Gasteiger partial charge is 0.458 e. The Hall–Kier alpha value is -7.51. The second-order valence-electron chi connectivity index (χ2n) is 16.3. The average Bonchev–Trinajstić information content (AvgIpc) is 3.35. The first kappa shape index (κ1) is 36.4. The van der Waals surface area contributed by atoms with Crippen LogP contribution in [0.2, 0.25) is 0 Å². The Balaban J connectivity index is 1.23. The van der Waals surface area contributed by atoms with Gasteiger partial charge < -0.3 is 9.64 Å². The van der Waals surface area contributed by atoms with Gasteiger partial charge in [-0.2, -0.15) is 0 Å². The van der Waals surface area contributed by atoms with E-state index in [0.29, 0.717) is 0 Å². The molecular weight excluding hydrogens is 783 g/mol. The van der Waals surface area contributed by atoms with Gasteiger partial charge in [-0.1, -0.05) is 206 Å². The maximum Gasteiger partial charge on any atom is 0.188 e. The Morgan fingerprint density at radius 1 is 0.306 bits per heavy atom. The molecule has 0 aliphatic carbocycles. The van der Waals surface area contributed by atoms with Gasteiger partial charge in [0.05, 0.1) is 5.69 Å². The molecule has 292 valence electrons. The van der Waals surface area contributed by atoms with Crippen molar-refractivity contribution in [2.75, 3.05) is 4.90 Å². The van der Waals surface area contributed by atoms with Crippen LogP contribution in [-0.2, 0) is 0 Å². The van der Waals surface area contributed by atoms with E-state index in [0.717, 1.165) is 28.6 Å². The third-order valence-corrected chi connectivity index (χ3v) is 23.6. The van der Waals surface area contributed by atoms with Crippen molar-refractivity contribution in [3.8, 4) is 22.6 Å². The maximum absolute atomic E-state index is 6.90. The summed E-state index contributed by atoms with van der Waals surface area (Å²) < 4.78 is 6.90. The van der Waals surface area contributed by atoms with Gasteiger partial charge in [0.1, 0.15) is 11.5 Å². The van der Waals surface area contributed by atoms with Crippen molar-refractivity contribution in [2.45, 2.75) is 0 Å². The molecule has 2 aliphatic rings. The van der Waals surface area contributed by atoms with Crippen LogP contribution >= 0.6 is 0 Å². The van der Waals surface area contributed by atoms with Gasteiger partial charge >= 0.3 is 0 Å². The summed E-state index contributed by atoms with van der Waals surface area (Å²) in [5.74, 6) is 1.89. The van der Waals surface area contributed by atoms with E-state index < -0.39 is 16.1 Å². The summed E-state index contributed by atoms with van der Waals surface area (Å²) in [6, 6.07) is 92.7. The Bertz CT molecular complexity index is 3190. The van der Waals surface area contributed by atoms with Crippen molar-refractivity contribution in [3.63, 3.8) is 0 Å². The highest BCUT2D eigenvalue weighted by molar-refractivity contribution is 7.33. The summed E-state index contributed by atoms with van der Waals surface area (Å²) in [5, 5.41) is 13.5. The Morgan fingerprint density at radius 2 is 0.774 bits per heavy atom. The Morgan fingerprint density at radius 3 is 1.42 bits per heavy atom. The van der Waals surface area contributed by atoms with Gasteiger partial charge in [0, 0.05) is 16.8 Å². The highest BCUT2D eigenvalue weighted by atomic mass is 28.3. The minimum atomic E-state index is -3.11. The number of para-hydroxylation sites is 2. The van der Waals surface area contributed by atoms with Gasteiger partial charge in [-0.3, -0.25) is 0 Å².